The Balaban J connectivity index is 1.33. The minimum absolute atomic E-state index is 0.0702. The maximum absolute atomic E-state index is 12.9. The van der Waals surface area contributed by atoms with Gasteiger partial charge in [0.15, 0.2) is 9.84 Å². The summed E-state index contributed by atoms with van der Waals surface area (Å²) in [5, 5.41) is 4.04. The van der Waals surface area contributed by atoms with E-state index in [0.717, 1.165) is 17.4 Å². The first-order valence-corrected chi connectivity index (χ1v) is 13.8. The fourth-order valence-corrected chi connectivity index (χ4v) is 5.40. The molecule has 5 nitrogen and oxygen atoms in total. The van der Waals surface area contributed by atoms with Gasteiger partial charge < -0.3 is 9.88 Å². The summed E-state index contributed by atoms with van der Waals surface area (Å²) in [5.41, 5.74) is 6.49. The third kappa shape index (κ3) is 5.03. The Bertz CT molecular complexity index is 1480. The van der Waals surface area contributed by atoms with Crippen molar-refractivity contribution in [1.29, 1.82) is 0 Å². The molecule has 1 fully saturated rings. The molecule has 5 rings (SSSR count). The van der Waals surface area contributed by atoms with Crippen LogP contribution in [0.1, 0.15) is 58.5 Å². The Kier molecular flexibility index (Phi) is 6.24. The van der Waals surface area contributed by atoms with Crippen molar-refractivity contribution in [2.24, 2.45) is 0 Å². The first-order chi connectivity index (χ1) is 16.8. The Labute approximate surface area is 206 Å². The number of sulfone groups is 1. The van der Waals surface area contributed by atoms with Crippen LogP contribution < -0.4 is 5.32 Å². The lowest BCUT2D eigenvalue weighted by molar-refractivity contribution is 0.0951. The van der Waals surface area contributed by atoms with E-state index in [9.17, 15) is 13.2 Å². The highest BCUT2D eigenvalue weighted by molar-refractivity contribution is 7.91. The first-order valence-electron chi connectivity index (χ1n) is 12.1. The van der Waals surface area contributed by atoms with Crippen LogP contribution in [0.15, 0.2) is 77.7 Å². The van der Waals surface area contributed by atoms with E-state index >= 15 is 0 Å². The van der Waals surface area contributed by atoms with E-state index in [1.165, 1.54) is 35.2 Å². The predicted octanol–water partition coefficient (Wildman–Crippen LogP) is 5.60. The molecule has 1 heterocycles. The van der Waals surface area contributed by atoms with Gasteiger partial charge in [0.1, 0.15) is 0 Å². The molecule has 0 saturated heterocycles. The van der Waals surface area contributed by atoms with Gasteiger partial charge in [-0.3, -0.25) is 4.79 Å². The number of aryl methyl sites for hydroxylation is 1. The number of amides is 1. The Hall–Kier alpha value is -3.38. The van der Waals surface area contributed by atoms with Crippen LogP contribution in [0, 0.1) is 6.92 Å². The van der Waals surface area contributed by atoms with E-state index in [1.54, 1.807) is 31.2 Å². The lowest BCUT2D eigenvalue weighted by atomic mass is 10.1. The summed E-state index contributed by atoms with van der Waals surface area (Å²) in [7, 11) is -3.22. The van der Waals surface area contributed by atoms with Crippen molar-refractivity contribution in [2.45, 2.75) is 50.6 Å². The molecular formula is C29H30N2O3S. The summed E-state index contributed by atoms with van der Waals surface area (Å²) in [6, 6.07) is 24.1. The molecule has 1 amide bonds. The smallest absolute Gasteiger partial charge is 0.251 e. The zero-order chi connectivity index (χ0) is 24.6. The van der Waals surface area contributed by atoms with Crippen molar-refractivity contribution in [3.8, 4) is 0 Å². The minimum Gasteiger partial charge on any atom is -0.348 e. The van der Waals surface area contributed by atoms with Crippen molar-refractivity contribution in [3.05, 3.63) is 101 Å². The summed E-state index contributed by atoms with van der Waals surface area (Å²) >= 11 is 0. The summed E-state index contributed by atoms with van der Waals surface area (Å²) in [6.07, 6.45) is 3.27. The largest absolute Gasteiger partial charge is 0.348 e. The summed E-state index contributed by atoms with van der Waals surface area (Å²) in [4.78, 5) is 13.2. The normalized spacial score (nSPS) is 13.8. The highest BCUT2D eigenvalue weighted by atomic mass is 32.2. The monoisotopic (exact) mass is 486 g/mol. The quantitative estimate of drug-likeness (QED) is 0.353. The topological polar surface area (TPSA) is 68.2 Å². The number of benzene rings is 3. The lowest BCUT2D eigenvalue weighted by Crippen LogP contribution is -2.22. The number of carbonyl (C=O) groups is 1. The second-order valence-electron chi connectivity index (χ2n) is 9.40. The van der Waals surface area contributed by atoms with Crippen LogP contribution in [0.5, 0.6) is 0 Å². The van der Waals surface area contributed by atoms with Crippen molar-refractivity contribution in [1.82, 2.24) is 9.88 Å². The van der Waals surface area contributed by atoms with Gasteiger partial charge in [0, 0.05) is 41.2 Å². The molecule has 1 aliphatic rings. The number of rotatable bonds is 8. The van der Waals surface area contributed by atoms with Crippen molar-refractivity contribution < 1.29 is 13.2 Å². The van der Waals surface area contributed by atoms with Gasteiger partial charge in [-0.25, -0.2) is 8.42 Å². The van der Waals surface area contributed by atoms with Gasteiger partial charge in [-0.15, -0.1) is 0 Å². The molecule has 0 radical (unpaired) electrons. The van der Waals surface area contributed by atoms with E-state index in [0.29, 0.717) is 23.0 Å². The highest BCUT2D eigenvalue weighted by Crippen LogP contribution is 2.40. The number of carbonyl (C=O) groups excluding carboxylic acids is 1. The second kappa shape index (κ2) is 9.34. The number of aromatic nitrogens is 1. The highest BCUT2D eigenvalue weighted by Gasteiger charge is 2.27. The summed E-state index contributed by atoms with van der Waals surface area (Å²) in [6.45, 7) is 4.07. The zero-order valence-corrected chi connectivity index (χ0v) is 20.9. The lowest BCUT2D eigenvalue weighted by Gasteiger charge is -2.10. The molecule has 0 bridgehead atoms. The van der Waals surface area contributed by atoms with E-state index in [4.69, 9.17) is 0 Å². The van der Waals surface area contributed by atoms with Crippen molar-refractivity contribution in [3.63, 3.8) is 0 Å². The molecule has 6 heteroatoms. The molecular weight excluding hydrogens is 456 g/mol. The summed E-state index contributed by atoms with van der Waals surface area (Å²) in [5.74, 6) is -0.0720. The Morgan fingerprint density at radius 1 is 0.943 bits per heavy atom. The Morgan fingerprint density at radius 3 is 2.29 bits per heavy atom. The average molecular weight is 487 g/mol. The van der Waals surface area contributed by atoms with Crippen molar-refractivity contribution >= 4 is 26.6 Å². The van der Waals surface area contributed by atoms with Gasteiger partial charge >= 0.3 is 0 Å². The third-order valence-corrected chi connectivity index (χ3v) is 8.46. The first kappa shape index (κ1) is 23.4. The molecule has 1 N–H and O–H groups in total. The number of hydrogen-bond donors (Lipinski definition) is 1. The van der Waals surface area contributed by atoms with Gasteiger partial charge in [-0.1, -0.05) is 48.9 Å². The molecule has 3 aromatic carbocycles. The van der Waals surface area contributed by atoms with Crippen LogP contribution in [0.2, 0.25) is 0 Å². The van der Waals surface area contributed by atoms with E-state index in [2.05, 4.69) is 53.2 Å². The molecule has 0 atom stereocenters. The molecule has 1 aliphatic carbocycles. The number of nitrogens with zero attached hydrogens (tertiary/aromatic N) is 1. The minimum atomic E-state index is -3.22. The average Bonchev–Trinajstić information content (AvgIpc) is 3.64. The van der Waals surface area contributed by atoms with Gasteiger partial charge in [0.25, 0.3) is 5.91 Å². The number of nitrogens with one attached hydrogen (secondary N) is 1. The maximum Gasteiger partial charge on any atom is 0.251 e. The fraction of sp³-hybridized carbons (Fsp3) is 0.276. The number of hydrogen-bond acceptors (Lipinski definition) is 3. The molecule has 180 valence electrons. The third-order valence-electron chi connectivity index (χ3n) is 6.71. The van der Waals surface area contributed by atoms with Crippen LogP contribution >= 0.6 is 0 Å². The fourth-order valence-electron chi connectivity index (χ4n) is 4.52. The van der Waals surface area contributed by atoms with Gasteiger partial charge in [0.2, 0.25) is 0 Å². The second-order valence-corrected chi connectivity index (χ2v) is 11.7. The van der Waals surface area contributed by atoms with E-state index in [-0.39, 0.29) is 11.7 Å². The van der Waals surface area contributed by atoms with Gasteiger partial charge in [-0.05, 0) is 67.3 Å². The molecule has 4 aromatic rings. The molecule has 0 spiro atoms. The zero-order valence-electron chi connectivity index (χ0n) is 20.1. The van der Waals surface area contributed by atoms with Crippen LogP contribution in [-0.2, 0) is 22.8 Å². The van der Waals surface area contributed by atoms with Gasteiger partial charge in [-0.2, -0.15) is 0 Å². The van der Waals surface area contributed by atoms with E-state index in [1.807, 2.05) is 12.1 Å². The van der Waals surface area contributed by atoms with Crippen LogP contribution in [0.4, 0.5) is 0 Å². The van der Waals surface area contributed by atoms with Crippen LogP contribution in [-0.4, -0.2) is 24.6 Å². The predicted molar refractivity (Wildman–Crippen MR) is 140 cm³/mol. The molecule has 0 unspecified atom stereocenters. The SMILES string of the molecule is CCS(=O)(=O)c1ccc(CNC(=O)c2ccc3c(c2)cc(Cc2ccc(C)cc2)n3C2CC2)cc1. The molecule has 1 saturated carbocycles. The number of fused-ring (bicyclic) bond motifs is 1. The van der Waals surface area contributed by atoms with Crippen LogP contribution in [0.3, 0.4) is 0 Å². The van der Waals surface area contributed by atoms with Crippen molar-refractivity contribution in [2.75, 3.05) is 5.75 Å². The standard InChI is InChI=1S/C29H30N2O3S/c1-3-35(33,34)27-13-8-22(9-14-27)19-30-29(32)23-10-15-28-24(17-23)18-26(31(28)25-11-12-25)16-21-6-4-20(2)5-7-21/h4-10,13-15,17-18,25H,3,11-12,16,19H2,1-2H3,(H,30,32). The molecule has 35 heavy (non-hydrogen) atoms. The Morgan fingerprint density at radius 2 is 1.63 bits per heavy atom. The summed E-state index contributed by atoms with van der Waals surface area (Å²) < 4.78 is 26.4. The van der Waals surface area contributed by atoms with E-state index < -0.39 is 9.84 Å². The molecule has 1 aromatic heterocycles. The van der Waals surface area contributed by atoms with Gasteiger partial charge in [0.05, 0.1) is 10.6 Å². The molecule has 0 aliphatic heterocycles. The van der Waals surface area contributed by atoms with Crippen LogP contribution in [0.25, 0.3) is 10.9 Å². The maximum atomic E-state index is 12.9.